The second-order valence-electron chi connectivity index (χ2n) is 5.89. The van der Waals surface area contributed by atoms with Crippen LogP contribution < -0.4 is 10.5 Å². The first-order valence-corrected chi connectivity index (χ1v) is 6.83. The van der Waals surface area contributed by atoms with Crippen molar-refractivity contribution < 1.29 is 4.74 Å². The van der Waals surface area contributed by atoms with Crippen LogP contribution in [0.25, 0.3) is 10.8 Å². The molecule has 0 saturated carbocycles. The number of rotatable bonds is 5. The average Bonchev–Trinajstić information content (AvgIpc) is 2.36. The summed E-state index contributed by atoms with van der Waals surface area (Å²) in [5.74, 6) is 0.908. The van der Waals surface area contributed by atoms with Crippen molar-refractivity contribution in [1.82, 2.24) is 0 Å². The van der Waals surface area contributed by atoms with E-state index in [4.69, 9.17) is 10.5 Å². The van der Waals surface area contributed by atoms with E-state index in [0.29, 0.717) is 0 Å². The topological polar surface area (TPSA) is 35.2 Å². The largest absolute Gasteiger partial charge is 0.497 e. The van der Waals surface area contributed by atoms with E-state index >= 15 is 0 Å². The van der Waals surface area contributed by atoms with E-state index in [1.807, 2.05) is 6.07 Å². The van der Waals surface area contributed by atoms with Gasteiger partial charge in [-0.15, -0.1) is 0 Å². The fourth-order valence-electron chi connectivity index (χ4n) is 2.30. The third kappa shape index (κ3) is 3.97. The van der Waals surface area contributed by atoms with E-state index in [-0.39, 0.29) is 5.54 Å². The molecule has 0 atom stereocenters. The number of benzene rings is 2. The first-order chi connectivity index (χ1) is 8.98. The van der Waals surface area contributed by atoms with Gasteiger partial charge in [0.15, 0.2) is 0 Å². The molecule has 0 unspecified atom stereocenters. The van der Waals surface area contributed by atoms with Gasteiger partial charge in [0.2, 0.25) is 0 Å². The van der Waals surface area contributed by atoms with E-state index in [1.165, 1.54) is 16.3 Å². The van der Waals surface area contributed by atoms with Crippen molar-refractivity contribution in [2.75, 3.05) is 7.11 Å². The summed E-state index contributed by atoms with van der Waals surface area (Å²) in [4.78, 5) is 0. The van der Waals surface area contributed by atoms with Gasteiger partial charge in [0.1, 0.15) is 5.75 Å². The number of hydrogen-bond donors (Lipinski definition) is 1. The molecule has 2 rings (SSSR count). The Morgan fingerprint density at radius 3 is 2.42 bits per heavy atom. The summed E-state index contributed by atoms with van der Waals surface area (Å²) >= 11 is 0. The van der Waals surface area contributed by atoms with E-state index in [1.54, 1.807) is 7.11 Å². The molecule has 2 aromatic rings. The Morgan fingerprint density at radius 1 is 1.05 bits per heavy atom. The first-order valence-electron chi connectivity index (χ1n) is 6.83. The first kappa shape index (κ1) is 13.9. The molecule has 2 nitrogen and oxygen atoms in total. The zero-order valence-electron chi connectivity index (χ0n) is 12.1. The summed E-state index contributed by atoms with van der Waals surface area (Å²) in [7, 11) is 1.70. The monoisotopic (exact) mass is 257 g/mol. The van der Waals surface area contributed by atoms with Crippen molar-refractivity contribution in [1.29, 1.82) is 0 Å². The molecule has 2 aromatic carbocycles. The lowest BCUT2D eigenvalue weighted by atomic mass is 9.96. The van der Waals surface area contributed by atoms with Crippen LogP contribution in [0.4, 0.5) is 0 Å². The molecule has 0 bridgehead atoms. The molecule has 0 aromatic heterocycles. The summed E-state index contributed by atoms with van der Waals surface area (Å²) in [6.45, 7) is 4.17. The minimum Gasteiger partial charge on any atom is -0.497 e. The highest BCUT2D eigenvalue weighted by Gasteiger charge is 2.09. The minimum absolute atomic E-state index is 0.0653. The average molecular weight is 257 g/mol. The highest BCUT2D eigenvalue weighted by molar-refractivity contribution is 5.84. The van der Waals surface area contributed by atoms with Crippen LogP contribution in [0.5, 0.6) is 5.75 Å². The molecule has 0 fully saturated rings. The fourth-order valence-corrected chi connectivity index (χ4v) is 2.30. The number of nitrogens with two attached hydrogens (primary N) is 1. The quantitative estimate of drug-likeness (QED) is 0.881. The SMILES string of the molecule is COc1ccc2cc(CCCC(C)(C)N)ccc2c1. The lowest BCUT2D eigenvalue weighted by Crippen LogP contribution is -2.31. The molecule has 0 aliphatic rings. The Balaban J connectivity index is 2.09. The van der Waals surface area contributed by atoms with E-state index in [0.717, 1.165) is 25.0 Å². The van der Waals surface area contributed by atoms with Gasteiger partial charge < -0.3 is 10.5 Å². The summed E-state index contributed by atoms with van der Waals surface area (Å²) in [5.41, 5.74) is 7.32. The maximum Gasteiger partial charge on any atom is 0.119 e. The molecule has 0 aliphatic carbocycles. The highest BCUT2D eigenvalue weighted by Crippen LogP contribution is 2.22. The van der Waals surface area contributed by atoms with Crippen LogP contribution in [0.1, 0.15) is 32.3 Å². The zero-order chi connectivity index (χ0) is 13.9. The molecule has 0 spiro atoms. The van der Waals surface area contributed by atoms with Gasteiger partial charge in [0.05, 0.1) is 7.11 Å². The number of fused-ring (bicyclic) bond motifs is 1. The van der Waals surface area contributed by atoms with Gasteiger partial charge in [-0.1, -0.05) is 24.3 Å². The van der Waals surface area contributed by atoms with Gasteiger partial charge in [0.25, 0.3) is 0 Å². The van der Waals surface area contributed by atoms with Crippen LogP contribution in [-0.2, 0) is 6.42 Å². The van der Waals surface area contributed by atoms with Gasteiger partial charge in [-0.3, -0.25) is 0 Å². The summed E-state index contributed by atoms with van der Waals surface area (Å²) in [6.07, 6.45) is 3.27. The van der Waals surface area contributed by atoms with Gasteiger partial charge in [0, 0.05) is 5.54 Å². The van der Waals surface area contributed by atoms with Crippen LogP contribution in [0.3, 0.4) is 0 Å². The fraction of sp³-hybridized carbons (Fsp3) is 0.412. The van der Waals surface area contributed by atoms with Gasteiger partial charge in [-0.05, 0) is 61.6 Å². The zero-order valence-corrected chi connectivity index (χ0v) is 12.1. The Hall–Kier alpha value is -1.54. The van der Waals surface area contributed by atoms with E-state index < -0.39 is 0 Å². The molecule has 2 N–H and O–H groups in total. The molecule has 19 heavy (non-hydrogen) atoms. The second kappa shape index (κ2) is 5.62. The van der Waals surface area contributed by atoms with Gasteiger partial charge in [-0.25, -0.2) is 0 Å². The van der Waals surface area contributed by atoms with Gasteiger partial charge in [-0.2, -0.15) is 0 Å². The minimum atomic E-state index is -0.0653. The maximum absolute atomic E-state index is 6.01. The Morgan fingerprint density at radius 2 is 1.74 bits per heavy atom. The molecule has 102 valence electrons. The summed E-state index contributed by atoms with van der Waals surface area (Å²) in [6, 6.07) is 12.8. The molecule has 0 radical (unpaired) electrons. The third-order valence-electron chi connectivity index (χ3n) is 3.40. The standard InChI is InChI=1S/C17H23NO/c1-17(2,18)10-4-5-13-6-7-15-12-16(19-3)9-8-14(15)11-13/h6-9,11-12H,4-5,10,18H2,1-3H3. The van der Waals surface area contributed by atoms with Crippen molar-refractivity contribution in [3.05, 3.63) is 42.0 Å². The van der Waals surface area contributed by atoms with Crippen molar-refractivity contribution >= 4 is 10.8 Å². The van der Waals surface area contributed by atoms with Gasteiger partial charge >= 0.3 is 0 Å². The Labute approximate surface area is 115 Å². The van der Waals surface area contributed by atoms with Crippen LogP contribution in [0, 0.1) is 0 Å². The predicted molar refractivity (Wildman–Crippen MR) is 81.7 cm³/mol. The molecule has 0 saturated heterocycles. The van der Waals surface area contributed by atoms with E-state index in [2.05, 4.69) is 44.2 Å². The summed E-state index contributed by atoms with van der Waals surface area (Å²) < 4.78 is 5.24. The van der Waals surface area contributed by atoms with Crippen molar-refractivity contribution in [2.45, 2.75) is 38.6 Å². The molecule has 0 aliphatic heterocycles. The number of aryl methyl sites for hydroxylation is 1. The van der Waals surface area contributed by atoms with Crippen molar-refractivity contribution in [3.8, 4) is 5.75 Å². The van der Waals surface area contributed by atoms with Crippen LogP contribution in [0.2, 0.25) is 0 Å². The third-order valence-corrected chi connectivity index (χ3v) is 3.40. The smallest absolute Gasteiger partial charge is 0.119 e. The number of methoxy groups -OCH3 is 1. The van der Waals surface area contributed by atoms with Crippen LogP contribution in [0.15, 0.2) is 36.4 Å². The van der Waals surface area contributed by atoms with Crippen LogP contribution >= 0.6 is 0 Å². The molecule has 2 heteroatoms. The molecular weight excluding hydrogens is 234 g/mol. The van der Waals surface area contributed by atoms with Crippen LogP contribution in [-0.4, -0.2) is 12.6 Å². The normalized spacial score (nSPS) is 11.8. The maximum atomic E-state index is 6.01. The summed E-state index contributed by atoms with van der Waals surface area (Å²) in [5, 5.41) is 2.49. The van der Waals surface area contributed by atoms with Crippen molar-refractivity contribution in [2.24, 2.45) is 5.73 Å². The van der Waals surface area contributed by atoms with E-state index in [9.17, 15) is 0 Å². The Bertz CT molecular complexity index is 555. The number of hydrogen-bond acceptors (Lipinski definition) is 2. The highest BCUT2D eigenvalue weighted by atomic mass is 16.5. The predicted octanol–water partition coefficient (Wildman–Crippen LogP) is 3.91. The lowest BCUT2D eigenvalue weighted by molar-refractivity contribution is 0.415. The Kier molecular flexibility index (Phi) is 4.11. The lowest BCUT2D eigenvalue weighted by Gasteiger charge is -2.17. The van der Waals surface area contributed by atoms with Crippen molar-refractivity contribution in [3.63, 3.8) is 0 Å². The molecule has 0 amide bonds. The number of ether oxygens (including phenoxy) is 1. The molecule has 0 heterocycles. The second-order valence-corrected chi connectivity index (χ2v) is 5.89. The molecular formula is C17H23NO.